The zero-order chi connectivity index (χ0) is 52.0. The van der Waals surface area contributed by atoms with Gasteiger partial charge in [-0.1, -0.05) is 18.6 Å². The second-order valence-corrected chi connectivity index (χ2v) is 24.6. The van der Waals surface area contributed by atoms with Crippen LogP contribution in [0, 0.1) is 0 Å². The number of ether oxygens (including phenoxy) is 2. The molecule has 382 valence electrons. The largest absolute Gasteiger partial charge is 0.481 e. The summed E-state index contributed by atoms with van der Waals surface area (Å²) in [6.07, 6.45) is 6.33. The van der Waals surface area contributed by atoms with Crippen LogP contribution in [0.25, 0.3) is 21.5 Å². The molecule has 0 fully saturated rings. The molecule has 0 aromatic heterocycles. The van der Waals surface area contributed by atoms with E-state index in [1.165, 1.54) is 32.4 Å². The third-order valence-corrected chi connectivity index (χ3v) is 17.1. The molecule has 0 amide bonds. The molecule has 21 nitrogen and oxygen atoms in total. The maximum Gasteiger partial charge on any atom is 0.303 e. The first-order valence-electron chi connectivity index (χ1n) is 21.5. The molecule has 2 atom stereocenters. The van der Waals surface area contributed by atoms with Crippen molar-refractivity contribution in [3.63, 3.8) is 0 Å². The summed E-state index contributed by atoms with van der Waals surface area (Å²) < 4.78 is 189. The van der Waals surface area contributed by atoms with Gasteiger partial charge in [0.25, 0.3) is 50.6 Å². The van der Waals surface area contributed by atoms with Crippen molar-refractivity contribution in [2.24, 2.45) is 0 Å². The Hall–Kier alpha value is -4.71. The number of allylic oxidation sites excluding steroid dienone is 4. The number of carboxylic acid groups (broad SMARTS) is 1. The number of carboxylic acids is 1. The van der Waals surface area contributed by atoms with Gasteiger partial charge in [0.15, 0.2) is 5.71 Å². The fourth-order valence-electron chi connectivity index (χ4n) is 9.68. The lowest BCUT2D eigenvalue weighted by molar-refractivity contribution is -0.437. The van der Waals surface area contributed by atoms with Crippen molar-refractivity contribution in [2.75, 3.05) is 51.2 Å². The lowest BCUT2D eigenvalue weighted by atomic mass is 9.74. The number of carbonyl (C=O) groups is 1. The topological polar surface area (TPSA) is 334 Å². The van der Waals surface area contributed by atoms with E-state index in [0.29, 0.717) is 65.3 Å². The van der Waals surface area contributed by atoms with Gasteiger partial charge in [0.05, 0.1) is 21.0 Å². The van der Waals surface area contributed by atoms with Gasteiger partial charge < -0.3 is 19.5 Å². The Bertz CT molecular complexity index is 3460. The molecule has 2 unspecified atom stereocenters. The Balaban J connectivity index is 1.66. The Morgan fingerprint density at radius 1 is 0.657 bits per heavy atom. The second-order valence-electron chi connectivity index (χ2n) is 17.4. The third-order valence-electron chi connectivity index (χ3n) is 12.8. The first kappa shape index (κ1) is 54.6. The van der Waals surface area contributed by atoms with E-state index in [0.717, 1.165) is 12.1 Å². The summed E-state index contributed by atoms with van der Waals surface area (Å²) in [6.45, 7) is 3.86. The molecule has 0 radical (unpaired) electrons. The number of anilines is 1. The minimum atomic E-state index is -5.12. The lowest BCUT2D eigenvalue weighted by Crippen LogP contribution is -2.33. The molecular weight excluding hydrogens is 1020 g/mol. The van der Waals surface area contributed by atoms with Gasteiger partial charge in [0.1, 0.15) is 16.3 Å². The van der Waals surface area contributed by atoms with Crippen LogP contribution in [0.2, 0.25) is 0 Å². The summed E-state index contributed by atoms with van der Waals surface area (Å²) in [6, 6.07) is 9.25. The average molecular weight is 1070 g/mol. The van der Waals surface area contributed by atoms with E-state index >= 15 is 0 Å². The first-order chi connectivity index (χ1) is 32.4. The number of hydrogen-bond donors (Lipinski definition) is 6. The molecule has 0 aliphatic carbocycles. The summed E-state index contributed by atoms with van der Waals surface area (Å²) in [5.74, 6) is -1.66. The van der Waals surface area contributed by atoms with E-state index in [-0.39, 0.29) is 73.5 Å². The molecule has 6 N–H and O–H groups in total. The molecule has 4 aromatic rings. The third kappa shape index (κ3) is 11.2. The number of methoxy groups -OCH3 is 2. The SMILES string of the molecule is COCCC1(C)C(/C=C/C=C2/N(CCCCCC(=O)O)c3ccc4c(S(=O)(=O)O)cc(S(=O)(=O)O)cc4c3C2(C)CCOC)=[N+](CCCS(=O)(=O)O)c2ccc3c(S(=O)(=O)O)cc(S(=O)(=O)O)cc3c21. The number of hydrogen-bond acceptors (Lipinski definition) is 14. The smallest absolute Gasteiger partial charge is 0.303 e. The highest BCUT2D eigenvalue weighted by Gasteiger charge is 2.50. The van der Waals surface area contributed by atoms with Crippen molar-refractivity contribution in [1.29, 1.82) is 0 Å². The van der Waals surface area contributed by atoms with Crippen LogP contribution in [-0.4, -0.2) is 132 Å². The van der Waals surface area contributed by atoms with Gasteiger partial charge in [-0.2, -0.15) is 46.7 Å². The molecule has 0 saturated carbocycles. The van der Waals surface area contributed by atoms with Crippen LogP contribution < -0.4 is 4.90 Å². The van der Waals surface area contributed by atoms with Crippen molar-refractivity contribution in [3.8, 4) is 0 Å². The van der Waals surface area contributed by atoms with Crippen molar-refractivity contribution < 1.29 is 88.8 Å². The van der Waals surface area contributed by atoms with E-state index in [1.807, 2.05) is 4.90 Å². The molecule has 4 aromatic carbocycles. The summed E-state index contributed by atoms with van der Waals surface area (Å²) in [5, 5.41) is 9.18. The summed E-state index contributed by atoms with van der Waals surface area (Å²) in [7, 11) is -22.0. The Labute approximate surface area is 405 Å². The van der Waals surface area contributed by atoms with Crippen molar-refractivity contribution >= 4 is 95.2 Å². The normalized spacial score (nSPS) is 19.6. The number of nitrogens with zero attached hydrogens (tertiary/aromatic N) is 2. The predicted molar refractivity (Wildman–Crippen MR) is 256 cm³/mol. The minimum absolute atomic E-state index is 0.00625. The Morgan fingerprint density at radius 3 is 1.69 bits per heavy atom. The molecule has 0 spiro atoms. The molecule has 6 rings (SSSR count). The van der Waals surface area contributed by atoms with Crippen LogP contribution in [0.3, 0.4) is 0 Å². The monoisotopic (exact) mass is 1070 g/mol. The number of rotatable bonds is 22. The summed E-state index contributed by atoms with van der Waals surface area (Å²) >= 11 is 0. The highest BCUT2D eigenvalue weighted by molar-refractivity contribution is 7.87. The predicted octanol–water partition coefficient (Wildman–Crippen LogP) is 5.55. The fourth-order valence-corrected chi connectivity index (χ4v) is 12.9. The highest BCUT2D eigenvalue weighted by Crippen LogP contribution is 2.54. The van der Waals surface area contributed by atoms with Crippen LogP contribution >= 0.6 is 0 Å². The zero-order valence-corrected chi connectivity index (χ0v) is 42.3. The van der Waals surface area contributed by atoms with Crippen LogP contribution in [0.1, 0.15) is 69.9 Å². The number of fused-ring (bicyclic) bond motifs is 6. The molecule has 2 aliphatic rings. The maximum absolute atomic E-state index is 12.8. The van der Waals surface area contributed by atoms with Gasteiger partial charge in [-0.05, 0) is 98.3 Å². The molecule has 2 aliphatic heterocycles. The number of unbranched alkanes of at least 4 members (excludes halogenated alkanes) is 2. The molecule has 0 saturated heterocycles. The Morgan fingerprint density at radius 2 is 1.19 bits per heavy atom. The summed E-state index contributed by atoms with van der Waals surface area (Å²) in [5.41, 5.74) is 0.0658. The van der Waals surface area contributed by atoms with Crippen LogP contribution in [-0.2, 0) is 75.7 Å². The van der Waals surface area contributed by atoms with Gasteiger partial charge in [-0.3, -0.25) is 27.6 Å². The number of aliphatic carboxylic acids is 1. The lowest BCUT2D eigenvalue weighted by Gasteiger charge is -2.31. The van der Waals surface area contributed by atoms with Crippen molar-refractivity contribution in [2.45, 2.75) is 89.2 Å². The molecule has 0 bridgehead atoms. The van der Waals surface area contributed by atoms with E-state index < -0.39 is 92.7 Å². The molecule has 2 heterocycles. The first-order valence-corrected chi connectivity index (χ1v) is 28.8. The quantitative estimate of drug-likeness (QED) is 0.0319. The van der Waals surface area contributed by atoms with Crippen LogP contribution in [0.15, 0.2) is 92.0 Å². The zero-order valence-electron chi connectivity index (χ0n) is 38.3. The minimum Gasteiger partial charge on any atom is -0.481 e. The second kappa shape index (κ2) is 20.1. The van der Waals surface area contributed by atoms with E-state index in [2.05, 4.69) is 0 Å². The highest BCUT2D eigenvalue weighted by atomic mass is 32.2. The van der Waals surface area contributed by atoms with Crippen molar-refractivity contribution in [3.05, 3.63) is 83.6 Å². The van der Waals surface area contributed by atoms with Gasteiger partial charge in [-0.15, -0.1) is 0 Å². The van der Waals surface area contributed by atoms with Gasteiger partial charge >= 0.3 is 5.97 Å². The van der Waals surface area contributed by atoms with Gasteiger partial charge in [-0.25, -0.2) is 0 Å². The van der Waals surface area contributed by atoms with E-state index in [4.69, 9.17) is 9.47 Å². The van der Waals surface area contributed by atoms with Gasteiger partial charge in [0.2, 0.25) is 5.69 Å². The number of benzene rings is 4. The molecule has 26 heteroatoms. The molecule has 70 heavy (non-hydrogen) atoms. The van der Waals surface area contributed by atoms with Gasteiger partial charge in [0, 0.05) is 92.1 Å². The fraction of sp³-hybridized carbons (Fsp3) is 0.409. The standard InChI is InChI=1S/C44H52N2O19S5/c1-43(17-21-64-3)38(45(19-7-5-6-12-40(47)48)34-15-13-30-32(41(34)43)24-28(67(52,53)54)26-36(30)69(58,59)60)10-8-11-39-44(2,18-22-65-4)42-33-25-29(68(55,56)57)27-37(70(61,62)63)31(33)14-16-35(42)46(39)20-9-23-66(49,50)51/h8,10-11,13-16,24-27H,5-7,9,12,17-23H2,1-4H3,(H5-,47,48,49,50,51,52,53,54,55,56,57,58,59,60,61,62,63)/p+1. The molecular formula is C44H53N2O19S5+. The van der Waals surface area contributed by atoms with Crippen LogP contribution in [0.5, 0.6) is 0 Å². The maximum atomic E-state index is 12.8. The summed E-state index contributed by atoms with van der Waals surface area (Å²) in [4.78, 5) is 10.00. The Kier molecular flexibility index (Phi) is 15.7. The average Bonchev–Trinajstić information content (AvgIpc) is 3.62. The van der Waals surface area contributed by atoms with Crippen molar-refractivity contribution in [1.82, 2.24) is 0 Å². The van der Waals surface area contributed by atoms with E-state index in [1.54, 1.807) is 42.7 Å². The van der Waals surface area contributed by atoms with E-state index in [9.17, 15) is 74.8 Å². The van der Waals surface area contributed by atoms with Crippen LogP contribution in [0.4, 0.5) is 11.4 Å².